The molecule has 0 saturated heterocycles. The summed E-state index contributed by atoms with van der Waals surface area (Å²) in [5.74, 6) is 3.48. The zero-order valence-corrected chi connectivity index (χ0v) is 12.1. The van der Waals surface area contributed by atoms with Crippen molar-refractivity contribution in [1.82, 2.24) is 14.9 Å². The Morgan fingerprint density at radius 2 is 2.00 bits per heavy atom. The summed E-state index contributed by atoms with van der Waals surface area (Å²) < 4.78 is 51.1. The van der Waals surface area contributed by atoms with Gasteiger partial charge in [0.05, 0.1) is 5.02 Å². The van der Waals surface area contributed by atoms with Gasteiger partial charge in [0.15, 0.2) is 0 Å². The van der Waals surface area contributed by atoms with E-state index in [2.05, 4.69) is 10.2 Å². The molecule has 1 aromatic carbocycles. The number of nitrogen functional groups attached to an aromatic ring is 1. The minimum Gasteiger partial charge on any atom is -0.335 e. The van der Waals surface area contributed by atoms with E-state index in [1.54, 1.807) is 6.92 Å². The number of thioether (sulfide) groups is 1. The Bertz CT molecular complexity index is 658. The van der Waals surface area contributed by atoms with Crippen LogP contribution in [0.15, 0.2) is 23.4 Å². The first kappa shape index (κ1) is 15.9. The first-order chi connectivity index (χ1) is 9.70. The van der Waals surface area contributed by atoms with Crippen LogP contribution in [0.25, 0.3) is 0 Å². The summed E-state index contributed by atoms with van der Waals surface area (Å²) in [6.07, 6.45) is -4.68. The fraction of sp³-hybridized carbons (Fsp3) is 0.273. The number of rotatable bonds is 3. The van der Waals surface area contributed by atoms with Crippen LogP contribution in [0.1, 0.15) is 23.6 Å². The fourth-order valence-electron chi connectivity index (χ4n) is 1.54. The Hall–Kier alpha value is -1.48. The number of hydrogen-bond acceptors (Lipinski definition) is 4. The van der Waals surface area contributed by atoms with Crippen LogP contribution in [0, 0.1) is 5.82 Å². The Morgan fingerprint density at radius 3 is 2.52 bits per heavy atom. The molecule has 1 unspecified atom stereocenters. The van der Waals surface area contributed by atoms with Crippen molar-refractivity contribution < 1.29 is 17.6 Å². The van der Waals surface area contributed by atoms with E-state index < -0.39 is 17.8 Å². The lowest BCUT2D eigenvalue weighted by atomic mass is 10.2. The second-order valence-corrected chi connectivity index (χ2v) is 5.82. The molecule has 0 spiro atoms. The molecule has 0 aliphatic carbocycles. The highest BCUT2D eigenvalue weighted by molar-refractivity contribution is 7.99. The van der Waals surface area contributed by atoms with E-state index in [4.69, 9.17) is 17.4 Å². The number of halogens is 5. The first-order valence-corrected chi connectivity index (χ1v) is 6.85. The summed E-state index contributed by atoms with van der Waals surface area (Å²) in [6.45, 7) is 1.70. The molecule has 0 bridgehead atoms. The van der Waals surface area contributed by atoms with Gasteiger partial charge in [0.2, 0.25) is 5.16 Å². The molecule has 0 saturated carbocycles. The molecule has 0 aliphatic rings. The third kappa shape index (κ3) is 3.41. The van der Waals surface area contributed by atoms with Gasteiger partial charge in [-0.25, -0.2) is 9.07 Å². The minimum absolute atomic E-state index is 0.0647. The van der Waals surface area contributed by atoms with Crippen LogP contribution in [0.4, 0.5) is 17.6 Å². The second kappa shape index (κ2) is 5.72. The zero-order chi connectivity index (χ0) is 15.8. The zero-order valence-electron chi connectivity index (χ0n) is 10.5. The van der Waals surface area contributed by atoms with E-state index >= 15 is 0 Å². The minimum atomic E-state index is -4.68. The molecule has 0 amide bonds. The maximum absolute atomic E-state index is 13.1. The van der Waals surface area contributed by atoms with E-state index in [0.717, 1.165) is 11.8 Å². The van der Waals surface area contributed by atoms with Crippen molar-refractivity contribution in [3.63, 3.8) is 0 Å². The average molecular weight is 341 g/mol. The van der Waals surface area contributed by atoms with Crippen LogP contribution in [0.2, 0.25) is 5.02 Å². The standard InChI is InChI=1S/C11H9ClF4N4S/c1-5(6-2-3-8(13)7(12)4-6)21-10-19-18-9(20(10)17)11(14,15)16/h2-5H,17H2,1H3. The number of benzene rings is 1. The van der Waals surface area contributed by atoms with Crippen molar-refractivity contribution in [1.29, 1.82) is 0 Å². The van der Waals surface area contributed by atoms with E-state index in [1.807, 2.05) is 0 Å². The third-order valence-electron chi connectivity index (χ3n) is 2.61. The molecule has 114 valence electrons. The van der Waals surface area contributed by atoms with E-state index in [1.165, 1.54) is 18.2 Å². The Kier molecular flexibility index (Phi) is 4.33. The lowest BCUT2D eigenvalue weighted by molar-refractivity contribution is -0.146. The van der Waals surface area contributed by atoms with Gasteiger partial charge in [0, 0.05) is 5.25 Å². The maximum atomic E-state index is 13.1. The predicted molar refractivity (Wildman–Crippen MR) is 70.9 cm³/mol. The number of nitrogens with zero attached hydrogens (tertiary/aromatic N) is 3. The summed E-state index contributed by atoms with van der Waals surface area (Å²) >= 11 is 6.62. The molecule has 2 N–H and O–H groups in total. The summed E-state index contributed by atoms with van der Waals surface area (Å²) in [7, 11) is 0. The van der Waals surface area contributed by atoms with E-state index in [9.17, 15) is 17.6 Å². The van der Waals surface area contributed by atoms with Gasteiger partial charge in [0.25, 0.3) is 5.82 Å². The Balaban J connectivity index is 2.22. The topological polar surface area (TPSA) is 56.7 Å². The molecular weight excluding hydrogens is 332 g/mol. The molecule has 1 atom stereocenters. The van der Waals surface area contributed by atoms with E-state index in [-0.39, 0.29) is 15.4 Å². The van der Waals surface area contributed by atoms with Crippen LogP contribution in [0.3, 0.4) is 0 Å². The molecule has 4 nitrogen and oxygen atoms in total. The maximum Gasteiger partial charge on any atom is 0.453 e. The van der Waals surface area contributed by atoms with Crippen molar-refractivity contribution in [2.45, 2.75) is 23.5 Å². The predicted octanol–water partition coefficient (Wildman–Crippen LogP) is 3.66. The second-order valence-electron chi connectivity index (χ2n) is 4.11. The van der Waals surface area contributed by atoms with Gasteiger partial charge in [-0.3, -0.25) is 0 Å². The molecular formula is C11H9ClF4N4S. The Labute approximate surface area is 126 Å². The summed E-state index contributed by atoms with van der Waals surface area (Å²) in [4.78, 5) is 0. The van der Waals surface area contributed by atoms with Gasteiger partial charge in [-0.2, -0.15) is 13.2 Å². The molecule has 1 aromatic heterocycles. The molecule has 1 heterocycles. The van der Waals surface area contributed by atoms with Gasteiger partial charge >= 0.3 is 6.18 Å². The SMILES string of the molecule is CC(Sc1nnc(C(F)(F)F)n1N)c1ccc(F)c(Cl)c1. The largest absolute Gasteiger partial charge is 0.453 e. The molecule has 21 heavy (non-hydrogen) atoms. The highest BCUT2D eigenvalue weighted by atomic mass is 35.5. The van der Waals surface area contributed by atoms with Gasteiger partial charge in [-0.15, -0.1) is 10.2 Å². The summed E-state index contributed by atoms with van der Waals surface area (Å²) in [5.41, 5.74) is 0.628. The number of hydrogen-bond donors (Lipinski definition) is 1. The van der Waals surface area contributed by atoms with Gasteiger partial charge in [-0.1, -0.05) is 29.4 Å². The summed E-state index contributed by atoms with van der Waals surface area (Å²) in [6, 6.07) is 4.07. The molecule has 2 rings (SSSR count). The molecule has 0 fully saturated rings. The van der Waals surface area contributed by atoms with Crippen molar-refractivity contribution in [3.05, 3.63) is 40.4 Å². The van der Waals surface area contributed by atoms with Crippen LogP contribution in [-0.2, 0) is 6.18 Å². The van der Waals surface area contributed by atoms with Crippen LogP contribution >= 0.6 is 23.4 Å². The van der Waals surface area contributed by atoms with Crippen LogP contribution in [0.5, 0.6) is 0 Å². The number of nitrogens with two attached hydrogens (primary N) is 1. The lowest BCUT2D eigenvalue weighted by Gasteiger charge is -2.12. The van der Waals surface area contributed by atoms with Gasteiger partial charge in [0.1, 0.15) is 5.82 Å². The number of alkyl halides is 3. The molecule has 0 aliphatic heterocycles. The number of aromatic nitrogens is 3. The monoisotopic (exact) mass is 340 g/mol. The third-order valence-corrected chi connectivity index (χ3v) is 4.02. The smallest absolute Gasteiger partial charge is 0.335 e. The van der Waals surface area contributed by atoms with Crippen LogP contribution < -0.4 is 5.84 Å². The molecule has 0 radical (unpaired) electrons. The Morgan fingerprint density at radius 1 is 1.33 bits per heavy atom. The quantitative estimate of drug-likeness (QED) is 0.526. The van der Waals surface area contributed by atoms with Gasteiger partial charge < -0.3 is 5.84 Å². The molecule has 2 aromatic rings. The average Bonchev–Trinajstić information content (AvgIpc) is 2.74. The normalized spacial score (nSPS) is 13.4. The lowest BCUT2D eigenvalue weighted by Crippen LogP contribution is -2.21. The van der Waals surface area contributed by atoms with E-state index in [0.29, 0.717) is 10.2 Å². The van der Waals surface area contributed by atoms with Crippen LogP contribution in [-0.4, -0.2) is 14.9 Å². The van der Waals surface area contributed by atoms with Crippen molar-refractivity contribution in [3.8, 4) is 0 Å². The highest BCUT2D eigenvalue weighted by Crippen LogP contribution is 2.36. The first-order valence-electron chi connectivity index (χ1n) is 5.59. The molecule has 10 heteroatoms. The van der Waals surface area contributed by atoms with Crippen molar-refractivity contribution in [2.75, 3.05) is 5.84 Å². The van der Waals surface area contributed by atoms with Gasteiger partial charge in [-0.05, 0) is 24.6 Å². The van der Waals surface area contributed by atoms with Crippen molar-refractivity contribution >= 4 is 23.4 Å². The summed E-state index contributed by atoms with van der Waals surface area (Å²) in [5, 5.41) is 5.93. The highest BCUT2D eigenvalue weighted by Gasteiger charge is 2.38. The van der Waals surface area contributed by atoms with Crippen molar-refractivity contribution in [2.24, 2.45) is 0 Å². The fourth-order valence-corrected chi connectivity index (χ4v) is 2.62.